The molecule has 2 amide bonds. The second-order valence-corrected chi connectivity index (χ2v) is 11.0. The molecule has 2 N–H and O–H groups in total. The number of hydrogen-bond donors (Lipinski definition) is 2. The zero-order chi connectivity index (χ0) is 27.6. The van der Waals surface area contributed by atoms with Crippen molar-refractivity contribution in [2.75, 3.05) is 36.4 Å². The molecule has 1 aliphatic rings. The van der Waals surface area contributed by atoms with Crippen LogP contribution < -0.4 is 15.8 Å². The Labute approximate surface area is 222 Å². The van der Waals surface area contributed by atoms with Gasteiger partial charge in [-0.25, -0.2) is 4.79 Å². The lowest BCUT2D eigenvalue weighted by molar-refractivity contribution is 0.0240. The highest BCUT2D eigenvalue weighted by atomic mass is 16.6. The Balaban J connectivity index is 1.53. The maximum atomic E-state index is 13.3. The van der Waals surface area contributed by atoms with E-state index in [2.05, 4.69) is 10.2 Å². The monoisotopic (exact) mass is 520 g/mol. The molecule has 0 radical (unpaired) electrons. The molecule has 1 fully saturated rings. The molecule has 0 atom stereocenters. The fraction of sp³-hybridized carbons (Fsp3) is 0.414. The van der Waals surface area contributed by atoms with E-state index in [1.54, 1.807) is 39.8 Å². The molecule has 202 valence electrons. The van der Waals surface area contributed by atoms with Crippen LogP contribution in [0.2, 0.25) is 0 Å². The number of anilines is 2. The Hall–Kier alpha value is -4.01. The van der Waals surface area contributed by atoms with Gasteiger partial charge in [0.1, 0.15) is 16.9 Å². The van der Waals surface area contributed by atoms with E-state index in [0.29, 0.717) is 49.3 Å². The lowest BCUT2D eigenvalue weighted by atomic mass is 10.1. The van der Waals surface area contributed by atoms with Crippen molar-refractivity contribution in [1.29, 1.82) is 0 Å². The molecule has 0 spiro atoms. The van der Waals surface area contributed by atoms with Crippen molar-refractivity contribution >= 4 is 34.3 Å². The van der Waals surface area contributed by atoms with Crippen LogP contribution >= 0.6 is 0 Å². The summed E-state index contributed by atoms with van der Waals surface area (Å²) >= 11 is 0. The van der Waals surface area contributed by atoms with E-state index in [0.717, 1.165) is 5.69 Å². The molecule has 2 heterocycles. The topological polar surface area (TPSA) is 104 Å². The molecule has 4 rings (SSSR count). The summed E-state index contributed by atoms with van der Waals surface area (Å²) in [5, 5.41) is 14.2. The molecule has 0 bridgehead atoms. The third kappa shape index (κ3) is 5.93. The minimum Gasteiger partial charge on any atom is -0.506 e. The highest BCUT2D eigenvalue weighted by molar-refractivity contribution is 6.09. The van der Waals surface area contributed by atoms with E-state index in [1.165, 1.54) is 0 Å². The molecule has 9 nitrogen and oxygen atoms in total. The number of aromatic hydroxyl groups is 1. The summed E-state index contributed by atoms with van der Waals surface area (Å²) in [4.78, 5) is 42.8. The zero-order valence-corrected chi connectivity index (χ0v) is 22.7. The first-order chi connectivity index (χ1) is 17.9. The van der Waals surface area contributed by atoms with Gasteiger partial charge in [0.05, 0.1) is 5.52 Å². The minimum absolute atomic E-state index is 0.170. The van der Waals surface area contributed by atoms with Crippen molar-refractivity contribution in [2.24, 2.45) is 5.92 Å². The molecular formula is C29H36N4O5. The van der Waals surface area contributed by atoms with Crippen molar-refractivity contribution in [3.63, 3.8) is 0 Å². The second kappa shape index (κ2) is 10.8. The van der Waals surface area contributed by atoms with E-state index in [4.69, 9.17) is 4.74 Å². The number of pyridine rings is 1. The molecule has 38 heavy (non-hydrogen) atoms. The number of nitrogens with one attached hydrogen (secondary N) is 1. The van der Waals surface area contributed by atoms with Gasteiger partial charge in [0.2, 0.25) is 0 Å². The third-order valence-electron chi connectivity index (χ3n) is 6.32. The molecule has 1 aliphatic heterocycles. The molecule has 1 aromatic heterocycles. The third-order valence-corrected chi connectivity index (χ3v) is 6.32. The number of rotatable bonds is 5. The Morgan fingerprint density at radius 2 is 1.71 bits per heavy atom. The predicted molar refractivity (Wildman–Crippen MR) is 149 cm³/mol. The van der Waals surface area contributed by atoms with Crippen LogP contribution in [0.1, 0.15) is 45.0 Å². The van der Waals surface area contributed by atoms with E-state index in [1.807, 2.05) is 52.8 Å². The summed E-state index contributed by atoms with van der Waals surface area (Å²) in [5.41, 5.74) is 0.629. The Morgan fingerprint density at radius 1 is 1.03 bits per heavy atom. The Bertz CT molecular complexity index is 1400. The molecule has 2 aromatic carbocycles. The van der Waals surface area contributed by atoms with Gasteiger partial charge in [-0.2, -0.15) is 0 Å². The van der Waals surface area contributed by atoms with Gasteiger partial charge in [0.15, 0.2) is 0 Å². The summed E-state index contributed by atoms with van der Waals surface area (Å²) in [7, 11) is 0. The van der Waals surface area contributed by atoms with E-state index >= 15 is 0 Å². The number of amides is 2. The van der Waals surface area contributed by atoms with Crippen LogP contribution in [0.15, 0.2) is 53.3 Å². The maximum Gasteiger partial charge on any atom is 0.410 e. The standard InChI is InChI=1S/C29H36N4O5/c1-19(2)18-33-23-12-7-6-11-22(23)25(34)24(27(33)36)26(35)30-20-9-8-10-21(17-20)31-13-15-32(16-14-31)28(37)38-29(3,4)5/h6-12,17,19,34H,13-16,18H2,1-5H3,(H,30,35). The highest BCUT2D eigenvalue weighted by Crippen LogP contribution is 2.28. The van der Waals surface area contributed by atoms with Crippen molar-refractivity contribution in [3.05, 3.63) is 64.4 Å². The molecule has 3 aromatic rings. The second-order valence-electron chi connectivity index (χ2n) is 11.0. The largest absolute Gasteiger partial charge is 0.506 e. The summed E-state index contributed by atoms with van der Waals surface area (Å²) in [6.45, 7) is 12.2. The van der Waals surface area contributed by atoms with Crippen LogP contribution in [-0.4, -0.2) is 58.4 Å². The Kier molecular flexibility index (Phi) is 7.66. The van der Waals surface area contributed by atoms with Crippen LogP contribution in [0.25, 0.3) is 10.9 Å². The van der Waals surface area contributed by atoms with Gasteiger partial charge in [-0.15, -0.1) is 0 Å². The number of para-hydroxylation sites is 1. The zero-order valence-electron chi connectivity index (χ0n) is 22.7. The molecule has 1 saturated heterocycles. The molecule has 9 heteroatoms. The molecule has 0 unspecified atom stereocenters. The number of ether oxygens (including phenoxy) is 1. The number of nitrogens with zero attached hydrogens (tertiary/aromatic N) is 3. The van der Waals surface area contributed by atoms with Crippen LogP contribution in [0.4, 0.5) is 16.2 Å². The van der Waals surface area contributed by atoms with Gasteiger partial charge in [-0.3, -0.25) is 9.59 Å². The van der Waals surface area contributed by atoms with Crippen molar-refractivity contribution in [1.82, 2.24) is 9.47 Å². The Morgan fingerprint density at radius 3 is 2.37 bits per heavy atom. The summed E-state index contributed by atoms with van der Waals surface area (Å²) in [6, 6.07) is 14.4. The average Bonchev–Trinajstić information content (AvgIpc) is 2.86. The fourth-order valence-electron chi connectivity index (χ4n) is 4.59. The van der Waals surface area contributed by atoms with E-state index in [9.17, 15) is 19.5 Å². The predicted octanol–water partition coefficient (Wildman–Crippen LogP) is 4.67. The van der Waals surface area contributed by atoms with E-state index < -0.39 is 17.1 Å². The van der Waals surface area contributed by atoms with Crippen molar-refractivity contribution in [3.8, 4) is 5.75 Å². The molecule has 0 saturated carbocycles. The number of benzene rings is 2. The number of hydrogen-bond acceptors (Lipinski definition) is 6. The van der Waals surface area contributed by atoms with Crippen molar-refractivity contribution in [2.45, 2.75) is 46.8 Å². The number of carbonyl (C=O) groups excluding carboxylic acids is 2. The van der Waals surface area contributed by atoms with Gasteiger partial charge in [-0.1, -0.05) is 32.0 Å². The number of carbonyl (C=O) groups is 2. The summed E-state index contributed by atoms with van der Waals surface area (Å²) in [6.07, 6.45) is -0.323. The molecule has 0 aliphatic carbocycles. The SMILES string of the molecule is CC(C)Cn1c(=O)c(C(=O)Nc2cccc(N3CCN(C(=O)OC(C)(C)C)CC3)c2)c(O)c2ccccc21. The first-order valence-corrected chi connectivity index (χ1v) is 12.9. The van der Waals surface area contributed by atoms with Gasteiger partial charge in [0.25, 0.3) is 11.5 Å². The van der Waals surface area contributed by atoms with Crippen LogP contribution in [0.5, 0.6) is 5.75 Å². The average molecular weight is 521 g/mol. The summed E-state index contributed by atoms with van der Waals surface area (Å²) in [5.74, 6) is -0.816. The highest BCUT2D eigenvalue weighted by Gasteiger charge is 2.27. The first kappa shape index (κ1) is 27.0. The lowest BCUT2D eigenvalue weighted by Gasteiger charge is -2.36. The summed E-state index contributed by atoms with van der Waals surface area (Å²) < 4.78 is 7.02. The van der Waals surface area contributed by atoms with Gasteiger partial charge < -0.3 is 29.5 Å². The fourth-order valence-corrected chi connectivity index (χ4v) is 4.59. The first-order valence-electron chi connectivity index (χ1n) is 12.9. The van der Waals surface area contributed by atoms with Crippen LogP contribution in [-0.2, 0) is 11.3 Å². The number of aromatic nitrogens is 1. The maximum absolute atomic E-state index is 13.3. The number of fused-ring (bicyclic) bond motifs is 1. The van der Waals surface area contributed by atoms with Gasteiger partial charge in [0, 0.05) is 49.5 Å². The van der Waals surface area contributed by atoms with Crippen molar-refractivity contribution < 1.29 is 19.4 Å². The normalized spacial score (nSPS) is 14.2. The molecular weight excluding hydrogens is 484 g/mol. The van der Waals surface area contributed by atoms with Gasteiger partial charge >= 0.3 is 6.09 Å². The smallest absolute Gasteiger partial charge is 0.410 e. The number of piperazine rings is 1. The van der Waals surface area contributed by atoms with Crippen LogP contribution in [0.3, 0.4) is 0 Å². The van der Waals surface area contributed by atoms with Crippen LogP contribution in [0, 0.1) is 5.92 Å². The van der Waals surface area contributed by atoms with Gasteiger partial charge in [-0.05, 0) is 57.0 Å². The lowest BCUT2D eigenvalue weighted by Crippen LogP contribution is -2.50. The minimum atomic E-state index is -0.664. The quantitative estimate of drug-likeness (QED) is 0.507. The van der Waals surface area contributed by atoms with E-state index in [-0.39, 0.29) is 23.3 Å².